The summed E-state index contributed by atoms with van der Waals surface area (Å²) in [6.07, 6.45) is 1.58. The van der Waals surface area contributed by atoms with Crippen LogP contribution in [0.1, 0.15) is 11.1 Å². The lowest BCUT2D eigenvalue weighted by Crippen LogP contribution is -2.06. The highest BCUT2D eigenvalue weighted by atomic mass is 35.5. The number of hydrogen-bond acceptors (Lipinski definition) is 6. The first kappa shape index (κ1) is 17.8. The maximum absolute atomic E-state index is 12.2. The highest BCUT2D eigenvalue weighted by Gasteiger charge is 2.26. The Labute approximate surface area is 155 Å². The third kappa shape index (κ3) is 3.36. The van der Waals surface area contributed by atoms with Crippen LogP contribution >= 0.6 is 11.6 Å². The van der Waals surface area contributed by atoms with E-state index in [1.807, 2.05) is 0 Å². The smallest absolute Gasteiger partial charge is 0.363 e. The molecule has 0 saturated carbocycles. The van der Waals surface area contributed by atoms with E-state index in [1.54, 1.807) is 56.7 Å². The lowest BCUT2D eigenvalue weighted by Gasteiger charge is -2.09. The van der Waals surface area contributed by atoms with E-state index in [0.29, 0.717) is 33.4 Å². The zero-order valence-corrected chi connectivity index (χ0v) is 15.2. The molecular formula is C19H16ClNO5. The minimum atomic E-state index is -0.572. The molecule has 134 valence electrons. The normalized spacial score (nSPS) is 14.8. The van der Waals surface area contributed by atoms with E-state index in [2.05, 4.69) is 4.99 Å². The zero-order valence-electron chi connectivity index (χ0n) is 14.4. The molecule has 2 aromatic carbocycles. The number of halogens is 1. The number of hydrogen-bond donors (Lipinski definition) is 0. The van der Waals surface area contributed by atoms with E-state index in [0.717, 1.165) is 0 Å². The van der Waals surface area contributed by atoms with Gasteiger partial charge < -0.3 is 18.9 Å². The van der Waals surface area contributed by atoms with Crippen molar-refractivity contribution in [3.63, 3.8) is 0 Å². The Morgan fingerprint density at radius 1 is 1.08 bits per heavy atom. The first-order valence-corrected chi connectivity index (χ1v) is 8.02. The molecule has 0 unspecified atom stereocenters. The first-order chi connectivity index (χ1) is 12.6. The number of esters is 1. The Hall–Kier alpha value is -2.99. The van der Waals surface area contributed by atoms with E-state index in [9.17, 15) is 4.79 Å². The molecule has 0 aromatic heterocycles. The lowest BCUT2D eigenvalue weighted by atomic mass is 10.1. The Bertz CT molecular complexity index is 920. The molecule has 1 aliphatic heterocycles. The van der Waals surface area contributed by atoms with Crippen molar-refractivity contribution in [3.8, 4) is 17.2 Å². The second kappa shape index (κ2) is 7.49. The van der Waals surface area contributed by atoms with Crippen LogP contribution in [0.25, 0.3) is 6.08 Å². The Morgan fingerprint density at radius 3 is 2.54 bits per heavy atom. The van der Waals surface area contributed by atoms with Crippen molar-refractivity contribution in [1.29, 1.82) is 0 Å². The van der Waals surface area contributed by atoms with Crippen LogP contribution in [0.3, 0.4) is 0 Å². The van der Waals surface area contributed by atoms with Gasteiger partial charge in [0.2, 0.25) is 5.90 Å². The average molecular weight is 374 g/mol. The first-order valence-electron chi connectivity index (χ1n) is 7.65. The van der Waals surface area contributed by atoms with Crippen LogP contribution in [0, 0.1) is 0 Å². The second-order valence-electron chi connectivity index (χ2n) is 5.26. The molecule has 0 fully saturated rings. The molecule has 0 atom stereocenters. The lowest BCUT2D eigenvalue weighted by molar-refractivity contribution is -0.129. The third-order valence-corrected chi connectivity index (χ3v) is 4.07. The van der Waals surface area contributed by atoms with Gasteiger partial charge in [-0.3, -0.25) is 0 Å². The van der Waals surface area contributed by atoms with Gasteiger partial charge in [0.1, 0.15) is 5.75 Å². The molecule has 1 heterocycles. The van der Waals surface area contributed by atoms with Gasteiger partial charge >= 0.3 is 5.97 Å². The highest BCUT2D eigenvalue weighted by Crippen LogP contribution is 2.33. The molecule has 0 spiro atoms. The van der Waals surface area contributed by atoms with Crippen molar-refractivity contribution in [1.82, 2.24) is 0 Å². The van der Waals surface area contributed by atoms with Gasteiger partial charge in [-0.1, -0.05) is 23.7 Å². The molecule has 0 amide bonds. The number of methoxy groups -OCH3 is 3. The van der Waals surface area contributed by atoms with Crippen molar-refractivity contribution in [2.24, 2.45) is 4.99 Å². The van der Waals surface area contributed by atoms with E-state index in [1.165, 1.54) is 7.11 Å². The van der Waals surface area contributed by atoms with Gasteiger partial charge in [-0.05, 0) is 30.3 Å². The summed E-state index contributed by atoms with van der Waals surface area (Å²) >= 11 is 6.22. The summed E-state index contributed by atoms with van der Waals surface area (Å²) in [6, 6.07) is 10.4. The molecule has 2 aromatic rings. The van der Waals surface area contributed by atoms with Crippen LogP contribution in [0.2, 0.25) is 5.02 Å². The SMILES string of the molecule is COc1ccc(C2=NC(=Cc3cccc(OC)c3OC)C(=O)O2)c(Cl)c1. The summed E-state index contributed by atoms with van der Waals surface area (Å²) in [7, 11) is 4.61. The average Bonchev–Trinajstić information content (AvgIpc) is 3.01. The summed E-state index contributed by atoms with van der Waals surface area (Å²) in [4.78, 5) is 16.5. The number of ether oxygens (including phenoxy) is 4. The predicted octanol–water partition coefficient (Wildman–Crippen LogP) is 3.71. The number of benzene rings is 2. The van der Waals surface area contributed by atoms with Crippen molar-refractivity contribution in [3.05, 3.63) is 58.2 Å². The minimum absolute atomic E-state index is 0.135. The van der Waals surface area contributed by atoms with Crippen molar-refractivity contribution in [2.75, 3.05) is 21.3 Å². The van der Waals surface area contributed by atoms with Gasteiger partial charge in [0.15, 0.2) is 17.2 Å². The number of carbonyl (C=O) groups excluding carboxylic acids is 1. The summed E-state index contributed by atoms with van der Waals surface area (Å²) in [5.41, 5.74) is 1.28. The summed E-state index contributed by atoms with van der Waals surface area (Å²) in [6.45, 7) is 0. The largest absolute Gasteiger partial charge is 0.497 e. The summed E-state index contributed by atoms with van der Waals surface area (Å²) < 4.78 is 21.0. The molecule has 0 bridgehead atoms. The van der Waals surface area contributed by atoms with Gasteiger partial charge in [0, 0.05) is 5.56 Å². The van der Waals surface area contributed by atoms with E-state index < -0.39 is 5.97 Å². The maximum Gasteiger partial charge on any atom is 0.363 e. The molecule has 0 saturated heterocycles. The van der Waals surface area contributed by atoms with Crippen LogP contribution in [-0.2, 0) is 9.53 Å². The van der Waals surface area contributed by atoms with E-state index >= 15 is 0 Å². The van der Waals surface area contributed by atoms with Gasteiger partial charge in [0.25, 0.3) is 0 Å². The predicted molar refractivity (Wildman–Crippen MR) is 98.2 cm³/mol. The third-order valence-electron chi connectivity index (χ3n) is 3.75. The fourth-order valence-corrected chi connectivity index (χ4v) is 2.74. The van der Waals surface area contributed by atoms with E-state index in [4.69, 9.17) is 30.5 Å². The van der Waals surface area contributed by atoms with Crippen LogP contribution in [0.4, 0.5) is 0 Å². The maximum atomic E-state index is 12.2. The number of para-hydroxylation sites is 1. The fourth-order valence-electron chi connectivity index (χ4n) is 2.49. The standard InChI is InChI=1S/C19H16ClNO5/c1-23-12-7-8-13(14(20)10-12)18-21-15(19(22)26-18)9-11-5-4-6-16(24-2)17(11)25-3/h4-10H,1-3H3. The number of nitrogens with zero attached hydrogens (tertiary/aromatic N) is 1. The number of rotatable bonds is 5. The molecule has 0 aliphatic carbocycles. The molecule has 0 radical (unpaired) electrons. The summed E-state index contributed by atoms with van der Waals surface area (Å²) in [5.74, 6) is 1.21. The number of cyclic esters (lactones) is 1. The highest BCUT2D eigenvalue weighted by molar-refractivity contribution is 6.34. The van der Waals surface area contributed by atoms with Crippen molar-refractivity contribution < 1.29 is 23.7 Å². The molecule has 3 rings (SSSR count). The quantitative estimate of drug-likeness (QED) is 0.590. The van der Waals surface area contributed by atoms with Crippen LogP contribution in [-0.4, -0.2) is 33.2 Å². The van der Waals surface area contributed by atoms with Crippen molar-refractivity contribution >= 4 is 29.5 Å². The van der Waals surface area contributed by atoms with Gasteiger partial charge in [-0.15, -0.1) is 0 Å². The molecule has 7 heteroatoms. The Morgan fingerprint density at radius 2 is 1.88 bits per heavy atom. The molecular weight excluding hydrogens is 358 g/mol. The number of carbonyl (C=O) groups is 1. The fraction of sp³-hybridized carbons (Fsp3) is 0.158. The van der Waals surface area contributed by atoms with Crippen LogP contribution in [0.15, 0.2) is 47.1 Å². The zero-order chi connectivity index (χ0) is 18.7. The van der Waals surface area contributed by atoms with Crippen LogP contribution < -0.4 is 14.2 Å². The molecule has 1 aliphatic rings. The molecule has 0 N–H and O–H groups in total. The van der Waals surface area contributed by atoms with Gasteiger partial charge in [0.05, 0.1) is 31.9 Å². The van der Waals surface area contributed by atoms with E-state index in [-0.39, 0.29) is 11.6 Å². The Balaban J connectivity index is 2.00. The van der Waals surface area contributed by atoms with Gasteiger partial charge in [-0.25, -0.2) is 9.79 Å². The topological polar surface area (TPSA) is 66.3 Å². The van der Waals surface area contributed by atoms with Crippen LogP contribution in [0.5, 0.6) is 17.2 Å². The minimum Gasteiger partial charge on any atom is -0.497 e. The second-order valence-corrected chi connectivity index (χ2v) is 5.67. The molecule has 6 nitrogen and oxygen atoms in total. The van der Waals surface area contributed by atoms with Gasteiger partial charge in [-0.2, -0.15) is 0 Å². The molecule has 26 heavy (non-hydrogen) atoms. The monoisotopic (exact) mass is 373 g/mol. The Kier molecular flexibility index (Phi) is 5.14. The number of aliphatic imine (C=N–C) groups is 1. The van der Waals surface area contributed by atoms with Crippen molar-refractivity contribution in [2.45, 2.75) is 0 Å². The summed E-state index contributed by atoms with van der Waals surface area (Å²) in [5, 5.41) is 0.371.